The van der Waals surface area contributed by atoms with Crippen LogP contribution in [-0.2, 0) is 0 Å². The smallest absolute Gasteiger partial charge is 0.168 e. The number of rotatable bonds is 5. The van der Waals surface area contributed by atoms with Crippen LogP contribution >= 0.6 is 0 Å². The number of fused-ring (bicyclic) bond motifs is 2. The highest BCUT2D eigenvalue weighted by Crippen LogP contribution is 2.43. The quantitative estimate of drug-likeness (QED) is 0.478. The van der Waals surface area contributed by atoms with Gasteiger partial charge in [-0.3, -0.25) is 0 Å². The largest absolute Gasteiger partial charge is 0.307 e. The molecule has 2 heterocycles. The molecular weight excluding hydrogens is 270 g/mol. The zero-order chi connectivity index (χ0) is 16.0. The molecule has 3 nitrogen and oxygen atoms in total. The average molecular weight is 291 g/mol. The van der Waals surface area contributed by atoms with E-state index < -0.39 is 5.41 Å². The Hall–Kier alpha value is -2.32. The normalized spacial score (nSPS) is 27.2. The van der Waals surface area contributed by atoms with Gasteiger partial charge in [0, 0.05) is 24.4 Å². The van der Waals surface area contributed by atoms with E-state index in [2.05, 4.69) is 35.8 Å². The van der Waals surface area contributed by atoms with Gasteiger partial charge in [0.15, 0.2) is 5.41 Å². The second kappa shape index (κ2) is 7.10. The summed E-state index contributed by atoms with van der Waals surface area (Å²) in [5, 5.41) is 23.0. The average Bonchev–Trinajstić information content (AvgIpc) is 2.94. The van der Waals surface area contributed by atoms with Gasteiger partial charge in [0.1, 0.15) is 0 Å². The fourth-order valence-electron chi connectivity index (χ4n) is 3.32. The first-order chi connectivity index (χ1) is 10.7. The number of hydrogen-bond acceptors (Lipinski definition) is 3. The maximum Gasteiger partial charge on any atom is 0.168 e. The van der Waals surface area contributed by atoms with E-state index in [0.29, 0.717) is 6.42 Å². The van der Waals surface area contributed by atoms with Gasteiger partial charge >= 0.3 is 0 Å². The molecule has 3 heteroatoms. The third-order valence-electron chi connectivity index (χ3n) is 4.43. The van der Waals surface area contributed by atoms with E-state index in [1.807, 2.05) is 37.3 Å². The van der Waals surface area contributed by atoms with Crippen molar-refractivity contribution in [2.24, 2.45) is 11.3 Å². The Balaban J connectivity index is 2.40. The lowest BCUT2D eigenvalue weighted by Gasteiger charge is -2.34. The number of hydrogen-bond donors (Lipinski definition) is 1. The van der Waals surface area contributed by atoms with E-state index in [-0.39, 0.29) is 18.0 Å². The van der Waals surface area contributed by atoms with Crippen LogP contribution in [0.5, 0.6) is 0 Å². The third kappa shape index (κ3) is 2.97. The van der Waals surface area contributed by atoms with Crippen LogP contribution < -0.4 is 5.32 Å². The fraction of sp³-hybridized carbons (Fsp3) is 0.421. The van der Waals surface area contributed by atoms with Crippen LogP contribution in [0.2, 0.25) is 0 Å². The summed E-state index contributed by atoms with van der Waals surface area (Å²) in [6.45, 7) is 5.60. The van der Waals surface area contributed by atoms with Crippen molar-refractivity contribution in [1.82, 2.24) is 5.32 Å². The lowest BCUT2D eigenvalue weighted by molar-refractivity contribution is 0.418. The van der Waals surface area contributed by atoms with Gasteiger partial charge in [-0.25, -0.2) is 0 Å². The molecule has 0 amide bonds. The first kappa shape index (κ1) is 16.1. The van der Waals surface area contributed by atoms with Crippen LogP contribution in [0.15, 0.2) is 54.3 Å². The topological polar surface area (TPSA) is 59.6 Å². The Kier molecular flexibility index (Phi) is 5.18. The summed E-state index contributed by atoms with van der Waals surface area (Å²) < 4.78 is 0. The number of nitriles is 2. The summed E-state index contributed by atoms with van der Waals surface area (Å²) in [6, 6.07) is 5.09. The van der Waals surface area contributed by atoms with Crippen molar-refractivity contribution in [2.45, 2.75) is 38.3 Å². The highest BCUT2D eigenvalue weighted by atomic mass is 15.0. The van der Waals surface area contributed by atoms with Gasteiger partial charge in [0.2, 0.25) is 0 Å². The molecular formula is C19H21N3. The number of nitrogens with zero attached hydrogens (tertiary/aromatic N) is 2. The SMILES string of the molecule is C=C=C[C@@H]1C(C(C#N)(C#N)C/C=C/C=C/C)=C[C@H]2CCC1N2. The zero-order valence-corrected chi connectivity index (χ0v) is 12.9. The molecule has 2 aliphatic heterocycles. The zero-order valence-electron chi connectivity index (χ0n) is 12.9. The van der Waals surface area contributed by atoms with Gasteiger partial charge in [-0.2, -0.15) is 10.5 Å². The highest BCUT2D eigenvalue weighted by Gasteiger charge is 2.44. The second-order valence-electron chi connectivity index (χ2n) is 5.76. The van der Waals surface area contributed by atoms with E-state index in [9.17, 15) is 10.5 Å². The number of allylic oxidation sites excluding steroid dienone is 4. The second-order valence-corrected chi connectivity index (χ2v) is 5.76. The van der Waals surface area contributed by atoms with Gasteiger partial charge in [0.05, 0.1) is 12.1 Å². The number of nitrogens with one attached hydrogen (secondary N) is 1. The van der Waals surface area contributed by atoms with Crippen molar-refractivity contribution < 1.29 is 0 Å². The first-order valence-electron chi connectivity index (χ1n) is 7.65. The monoisotopic (exact) mass is 291 g/mol. The van der Waals surface area contributed by atoms with Crippen LogP contribution in [0, 0.1) is 34.0 Å². The summed E-state index contributed by atoms with van der Waals surface area (Å²) in [7, 11) is 0. The van der Waals surface area contributed by atoms with E-state index in [0.717, 1.165) is 18.4 Å². The van der Waals surface area contributed by atoms with Gasteiger partial charge in [-0.1, -0.05) is 37.0 Å². The Morgan fingerprint density at radius 1 is 1.36 bits per heavy atom. The van der Waals surface area contributed by atoms with Crippen molar-refractivity contribution in [3.63, 3.8) is 0 Å². The van der Waals surface area contributed by atoms with Crippen molar-refractivity contribution in [3.8, 4) is 12.1 Å². The van der Waals surface area contributed by atoms with E-state index >= 15 is 0 Å². The molecule has 112 valence electrons. The molecule has 0 aliphatic carbocycles. The molecule has 1 unspecified atom stereocenters. The van der Waals surface area contributed by atoms with Crippen LogP contribution in [0.4, 0.5) is 0 Å². The summed E-state index contributed by atoms with van der Waals surface area (Å²) in [6.07, 6.45) is 14.1. The molecule has 0 aromatic rings. The van der Waals surface area contributed by atoms with Crippen molar-refractivity contribution in [1.29, 1.82) is 10.5 Å². The summed E-state index contributed by atoms with van der Waals surface area (Å²) in [5.74, 6) is 0.0191. The molecule has 2 aliphatic rings. The molecule has 2 rings (SSSR count). The Labute approximate surface area is 132 Å². The summed E-state index contributed by atoms with van der Waals surface area (Å²) in [5.41, 5.74) is 2.64. The fourth-order valence-corrected chi connectivity index (χ4v) is 3.32. The van der Waals surface area contributed by atoms with E-state index in [1.54, 1.807) is 0 Å². The standard InChI is InChI=1S/C19H21N3/c1-3-5-6-7-11-19(13-20,14-21)17-12-15-9-10-18(22-15)16(17)8-4-2/h3,5-8,12,15-16,18,22H,2,9-11H2,1H3/b5-3+,7-6+/t15-,16-,18?/m1/s1. The molecule has 0 saturated carbocycles. The minimum Gasteiger partial charge on any atom is -0.307 e. The van der Waals surface area contributed by atoms with Crippen LogP contribution in [0.1, 0.15) is 26.2 Å². The molecule has 1 N–H and O–H groups in total. The van der Waals surface area contributed by atoms with Gasteiger partial charge in [0.25, 0.3) is 0 Å². The molecule has 22 heavy (non-hydrogen) atoms. The van der Waals surface area contributed by atoms with Gasteiger partial charge < -0.3 is 5.32 Å². The van der Waals surface area contributed by atoms with Gasteiger partial charge in [-0.05, 0) is 31.4 Å². The molecule has 1 saturated heterocycles. The van der Waals surface area contributed by atoms with Crippen LogP contribution in [0.25, 0.3) is 0 Å². The summed E-state index contributed by atoms with van der Waals surface area (Å²) >= 11 is 0. The van der Waals surface area contributed by atoms with Gasteiger partial charge in [-0.15, -0.1) is 5.73 Å². The maximum atomic E-state index is 9.73. The lowest BCUT2D eigenvalue weighted by Crippen LogP contribution is -2.42. The predicted octanol–water partition coefficient (Wildman–Crippen LogP) is 3.56. The minimum absolute atomic E-state index is 0.0191. The molecule has 3 atom stereocenters. The molecule has 0 spiro atoms. The Bertz CT molecular complexity index is 619. The predicted molar refractivity (Wildman–Crippen MR) is 87.5 cm³/mol. The van der Waals surface area contributed by atoms with Crippen LogP contribution in [-0.4, -0.2) is 12.1 Å². The molecule has 0 aromatic heterocycles. The highest BCUT2D eigenvalue weighted by molar-refractivity contribution is 5.41. The molecule has 0 radical (unpaired) electrons. The van der Waals surface area contributed by atoms with E-state index in [1.165, 1.54) is 0 Å². The molecule has 2 bridgehead atoms. The lowest BCUT2D eigenvalue weighted by atomic mass is 9.70. The molecule has 1 fully saturated rings. The molecule has 0 aromatic carbocycles. The van der Waals surface area contributed by atoms with Crippen molar-refractivity contribution >= 4 is 0 Å². The Morgan fingerprint density at radius 3 is 2.77 bits per heavy atom. The third-order valence-corrected chi connectivity index (χ3v) is 4.43. The first-order valence-corrected chi connectivity index (χ1v) is 7.65. The van der Waals surface area contributed by atoms with Crippen LogP contribution in [0.3, 0.4) is 0 Å². The minimum atomic E-state index is -1.11. The van der Waals surface area contributed by atoms with Crippen molar-refractivity contribution in [2.75, 3.05) is 0 Å². The summed E-state index contributed by atoms with van der Waals surface area (Å²) in [4.78, 5) is 0. The maximum absolute atomic E-state index is 9.73. The van der Waals surface area contributed by atoms with Crippen molar-refractivity contribution in [3.05, 3.63) is 54.3 Å². The Morgan fingerprint density at radius 2 is 2.14 bits per heavy atom. The van der Waals surface area contributed by atoms with E-state index in [4.69, 9.17) is 0 Å².